The maximum atomic E-state index is 11.8. The Morgan fingerprint density at radius 1 is 1.28 bits per heavy atom. The number of hydrogen-bond donors (Lipinski definition) is 2. The van der Waals surface area contributed by atoms with Gasteiger partial charge in [0.2, 0.25) is 0 Å². The van der Waals surface area contributed by atoms with Crippen molar-refractivity contribution in [3.8, 4) is 0 Å². The molecule has 2 aromatic rings. The SMILES string of the molecule is O=S(=O)(NCc1cccc(CCl)c1)c1ccn[nH]1. The second-order valence-corrected chi connectivity index (χ2v) is 5.70. The molecule has 0 radical (unpaired) electrons. The van der Waals surface area contributed by atoms with Gasteiger partial charge in [0, 0.05) is 12.4 Å². The standard InChI is InChI=1S/C11H12ClN3O2S/c12-7-9-2-1-3-10(6-9)8-14-18(16,17)11-4-5-13-15-11/h1-6,14H,7-8H2,(H,13,15). The molecule has 0 aliphatic heterocycles. The van der Waals surface area contributed by atoms with Gasteiger partial charge in [-0.05, 0) is 17.2 Å². The van der Waals surface area contributed by atoms with Crippen LogP contribution in [0.25, 0.3) is 0 Å². The van der Waals surface area contributed by atoms with Gasteiger partial charge in [0.1, 0.15) is 0 Å². The van der Waals surface area contributed by atoms with E-state index in [2.05, 4.69) is 14.9 Å². The Kier molecular flexibility index (Phi) is 4.00. The molecule has 5 nitrogen and oxygen atoms in total. The number of H-pyrrole nitrogens is 1. The third-order valence-electron chi connectivity index (χ3n) is 2.38. The summed E-state index contributed by atoms with van der Waals surface area (Å²) in [6.45, 7) is 0.214. The molecular weight excluding hydrogens is 274 g/mol. The van der Waals surface area contributed by atoms with E-state index in [4.69, 9.17) is 11.6 Å². The fourth-order valence-corrected chi connectivity index (χ4v) is 2.56. The Balaban J connectivity index is 2.07. The minimum atomic E-state index is -3.54. The second-order valence-electron chi connectivity index (χ2n) is 3.70. The first-order chi connectivity index (χ1) is 8.62. The minimum Gasteiger partial charge on any atom is -0.266 e. The van der Waals surface area contributed by atoms with Crippen LogP contribution in [-0.4, -0.2) is 18.6 Å². The summed E-state index contributed by atoms with van der Waals surface area (Å²) in [5, 5.41) is 6.08. The number of rotatable bonds is 5. The Bertz CT molecular complexity index is 611. The van der Waals surface area contributed by atoms with E-state index in [9.17, 15) is 8.42 Å². The number of aromatic nitrogens is 2. The van der Waals surface area contributed by atoms with E-state index in [1.807, 2.05) is 24.3 Å². The van der Waals surface area contributed by atoms with Crippen LogP contribution in [0.2, 0.25) is 0 Å². The molecule has 0 fully saturated rings. The lowest BCUT2D eigenvalue weighted by atomic mass is 10.1. The number of benzene rings is 1. The summed E-state index contributed by atoms with van der Waals surface area (Å²) >= 11 is 5.72. The van der Waals surface area contributed by atoms with Crippen LogP contribution >= 0.6 is 11.6 Å². The highest BCUT2D eigenvalue weighted by Gasteiger charge is 2.14. The number of aromatic amines is 1. The lowest BCUT2D eigenvalue weighted by molar-refractivity contribution is 0.577. The molecule has 0 saturated carbocycles. The Morgan fingerprint density at radius 2 is 2.06 bits per heavy atom. The van der Waals surface area contributed by atoms with E-state index >= 15 is 0 Å². The van der Waals surface area contributed by atoms with E-state index in [-0.39, 0.29) is 11.6 Å². The van der Waals surface area contributed by atoms with Crippen molar-refractivity contribution in [2.45, 2.75) is 17.5 Å². The van der Waals surface area contributed by atoms with Crippen LogP contribution in [0.5, 0.6) is 0 Å². The second kappa shape index (κ2) is 5.51. The van der Waals surface area contributed by atoms with Gasteiger partial charge in [-0.1, -0.05) is 24.3 Å². The molecule has 0 bridgehead atoms. The van der Waals surface area contributed by atoms with Gasteiger partial charge in [-0.25, -0.2) is 13.1 Å². The van der Waals surface area contributed by atoms with Crippen molar-refractivity contribution in [1.82, 2.24) is 14.9 Å². The quantitative estimate of drug-likeness (QED) is 0.820. The van der Waals surface area contributed by atoms with Crippen LogP contribution in [0.3, 0.4) is 0 Å². The topological polar surface area (TPSA) is 74.8 Å². The number of sulfonamides is 1. The van der Waals surface area contributed by atoms with Gasteiger partial charge in [-0.2, -0.15) is 5.10 Å². The molecule has 0 unspecified atom stereocenters. The summed E-state index contributed by atoms with van der Waals surface area (Å²) in [7, 11) is -3.54. The number of nitrogens with one attached hydrogen (secondary N) is 2. The van der Waals surface area contributed by atoms with Gasteiger partial charge < -0.3 is 0 Å². The maximum Gasteiger partial charge on any atom is 0.257 e. The van der Waals surface area contributed by atoms with E-state index in [0.29, 0.717) is 5.88 Å². The fourth-order valence-electron chi connectivity index (χ4n) is 1.47. The molecule has 2 rings (SSSR count). The first-order valence-electron chi connectivity index (χ1n) is 5.24. The van der Waals surface area contributed by atoms with Gasteiger partial charge >= 0.3 is 0 Å². The van der Waals surface area contributed by atoms with Crippen molar-refractivity contribution in [2.75, 3.05) is 0 Å². The average molecular weight is 286 g/mol. The number of nitrogens with zero attached hydrogens (tertiary/aromatic N) is 1. The predicted molar refractivity (Wildman–Crippen MR) is 68.6 cm³/mol. The average Bonchev–Trinajstić information content (AvgIpc) is 2.91. The van der Waals surface area contributed by atoms with Crippen molar-refractivity contribution in [3.05, 3.63) is 47.7 Å². The fraction of sp³-hybridized carbons (Fsp3) is 0.182. The van der Waals surface area contributed by atoms with Gasteiger partial charge in [-0.15, -0.1) is 11.6 Å². The van der Waals surface area contributed by atoms with E-state index < -0.39 is 10.0 Å². The number of hydrogen-bond acceptors (Lipinski definition) is 3. The Morgan fingerprint density at radius 3 is 2.72 bits per heavy atom. The molecule has 1 aromatic heterocycles. The van der Waals surface area contributed by atoms with Crippen LogP contribution in [0.1, 0.15) is 11.1 Å². The Hall–Kier alpha value is -1.37. The van der Waals surface area contributed by atoms with E-state index in [0.717, 1.165) is 11.1 Å². The zero-order valence-corrected chi connectivity index (χ0v) is 11.0. The summed E-state index contributed by atoms with van der Waals surface area (Å²) in [5.74, 6) is 0.404. The third-order valence-corrected chi connectivity index (χ3v) is 4.02. The molecular formula is C11H12ClN3O2S. The highest BCUT2D eigenvalue weighted by molar-refractivity contribution is 7.89. The predicted octanol–water partition coefficient (Wildman–Crippen LogP) is 1.63. The normalized spacial score (nSPS) is 11.6. The summed E-state index contributed by atoms with van der Waals surface area (Å²) in [5.41, 5.74) is 1.81. The van der Waals surface area contributed by atoms with E-state index in [1.54, 1.807) is 0 Å². The van der Waals surface area contributed by atoms with Crippen LogP contribution in [-0.2, 0) is 22.4 Å². The van der Waals surface area contributed by atoms with E-state index in [1.165, 1.54) is 12.3 Å². The Labute approximate surface area is 110 Å². The van der Waals surface area contributed by atoms with Gasteiger partial charge in [0.15, 0.2) is 5.03 Å². The van der Waals surface area contributed by atoms with Crippen LogP contribution in [0, 0.1) is 0 Å². The van der Waals surface area contributed by atoms with Crippen LogP contribution in [0.15, 0.2) is 41.6 Å². The van der Waals surface area contributed by atoms with Crippen molar-refractivity contribution < 1.29 is 8.42 Å². The molecule has 18 heavy (non-hydrogen) atoms. The van der Waals surface area contributed by atoms with Crippen molar-refractivity contribution >= 4 is 21.6 Å². The molecule has 0 spiro atoms. The smallest absolute Gasteiger partial charge is 0.257 e. The summed E-state index contributed by atoms with van der Waals surface area (Å²) in [6, 6.07) is 8.84. The molecule has 0 aliphatic carbocycles. The van der Waals surface area contributed by atoms with Crippen molar-refractivity contribution in [3.63, 3.8) is 0 Å². The minimum absolute atomic E-state index is 0.0518. The molecule has 7 heteroatoms. The molecule has 0 atom stereocenters. The van der Waals surface area contributed by atoms with Crippen molar-refractivity contribution in [1.29, 1.82) is 0 Å². The largest absolute Gasteiger partial charge is 0.266 e. The van der Waals surface area contributed by atoms with Crippen molar-refractivity contribution in [2.24, 2.45) is 0 Å². The first kappa shape index (κ1) is 13.1. The molecule has 0 aliphatic rings. The zero-order valence-electron chi connectivity index (χ0n) is 9.43. The van der Waals surface area contributed by atoms with Crippen LogP contribution < -0.4 is 4.72 Å². The third kappa shape index (κ3) is 3.10. The molecule has 0 amide bonds. The summed E-state index contributed by atoms with van der Waals surface area (Å²) < 4.78 is 26.1. The number of alkyl halides is 1. The number of halogens is 1. The van der Waals surface area contributed by atoms with Gasteiger partial charge in [-0.3, -0.25) is 5.10 Å². The molecule has 0 saturated heterocycles. The summed E-state index contributed by atoms with van der Waals surface area (Å²) in [4.78, 5) is 0. The highest BCUT2D eigenvalue weighted by Crippen LogP contribution is 2.09. The van der Waals surface area contributed by atoms with Crippen LogP contribution in [0.4, 0.5) is 0 Å². The lowest BCUT2D eigenvalue weighted by Crippen LogP contribution is -2.23. The molecule has 2 N–H and O–H groups in total. The zero-order chi connectivity index (χ0) is 13.0. The summed E-state index contributed by atoms with van der Waals surface area (Å²) in [6.07, 6.45) is 1.39. The maximum absolute atomic E-state index is 11.8. The molecule has 1 heterocycles. The van der Waals surface area contributed by atoms with Gasteiger partial charge in [0.25, 0.3) is 10.0 Å². The lowest BCUT2D eigenvalue weighted by Gasteiger charge is -2.05. The molecule has 1 aromatic carbocycles. The molecule has 96 valence electrons. The van der Waals surface area contributed by atoms with Gasteiger partial charge in [0.05, 0.1) is 6.20 Å². The highest BCUT2D eigenvalue weighted by atomic mass is 35.5. The first-order valence-corrected chi connectivity index (χ1v) is 7.26. The monoisotopic (exact) mass is 285 g/mol.